The third-order valence-corrected chi connectivity index (χ3v) is 4.21. The summed E-state index contributed by atoms with van der Waals surface area (Å²) in [6, 6.07) is 0. The third-order valence-electron chi connectivity index (χ3n) is 4.21. The minimum atomic E-state index is -0.813. The van der Waals surface area contributed by atoms with E-state index < -0.39 is 18.2 Å². The van der Waals surface area contributed by atoms with Crippen molar-refractivity contribution in [3.63, 3.8) is 0 Å². The van der Waals surface area contributed by atoms with Gasteiger partial charge in [0.15, 0.2) is 0 Å². The molecule has 0 heterocycles. The maximum absolute atomic E-state index is 10.5. The summed E-state index contributed by atoms with van der Waals surface area (Å²) in [5, 5.41) is 46.4. The van der Waals surface area contributed by atoms with Crippen LogP contribution in [0.3, 0.4) is 0 Å². The van der Waals surface area contributed by atoms with E-state index in [1.165, 1.54) is 5.01 Å². The number of hydrogen-bond acceptors (Lipinski definition) is 11. The monoisotopic (exact) mass is 453 g/mol. The summed E-state index contributed by atoms with van der Waals surface area (Å²) in [5.74, 6) is 4.73. The van der Waals surface area contributed by atoms with Gasteiger partial charge in [-0.05, 0) is 12.8 Å². The van der Waals surface area contributed by atoms with Gasteiger partial charge in [0.25, 0.3) is 0 Å². The Morgan fingerprint density at radius 3 is 1.94 bits per heavy atom. The molecule has 0 aromatic carbocycles. The molecule has 9 N–H and O–H groups in total. The molecule has 0 aliphatic heterocycles. The lowest BCUT2D eigenvalue weighted by Gasteiger charge is -2.22. The van der Waals surface area contributed by atoms with Crippen molar-refractivity contribution in [2.45, 2.75) is 37.9 Å². The molecule has 0 aliphatic carbocycles. The first kappa shape index (κ1) is 29.5. The molecule has 0 atom stereocenters. The summed E-state index contributed by atoms with van der Waals surface area (Å²) in [7, 11) is 0. The minimum absolute atomic E-state index is 0.0933. The SMILES string of the molecule is N/C(=C\N(N)CCCCCC(=O)O)COCC(COC(CO)CO)COC(CO)CO. The molecule has 184 valence electrons. The fraction of sp³-hybridized carbons (Fsp3) is 0.842. The Morgan fingerprint density at radius 2 is 1.45 bits per heavy atom. The molecule has 0 fully saturated rings. The van der Waals surface area contributed by atoms with Gasteiger partial charge in [0.05, 0.1) is 58.6 Å². The Labute approximate surface area is 183 Å². The number of carboxylic acids is 1. The van der Waals surface area contributed by atoms with Gasteiger partial charge in [0, 0.05) is 25.1 Å². The van der Waals surface area contributed by atoms with Gasteiger partial charge in [-0.15, -0.1) is 0 Å². The smallest absolute Gasteiger partial charge is 0.303 e. The minimum Gasteiger partial charge on any atom is -0.481 e. The number of nitrogens with two attached hydrogens (primary N) is 2. The van der Waals surface area contributed by atoms with Crippen molar-refractivity contribution >= 4 is 5.97 Å². The van der Waals surface area contributed by atoms with E-state index in [0.717, 1.165) is 12.8 Å². The first-order chi connectivity index (χ1) is 14.9. The number of carboxylic acid groups (broad SMARTS) is 1. The molecule has 0 spiro atoms. The largest absolute Gasteiger partial charge is 0.481 e. The Balaban J connectivity index is 4.37. The molecule has 0 rings (SSSR count). The van der Waals surface area contributed by atoms with Crippen molar-refractivity contribution in [3.05, 3.63) is 11.9 Å². The van der Waals surface area contributed by atoms with Gasteiger partial charge in [-0.25, -0.2) is 5.84 Å². The number of hydrogen-bond donors (Lipinski definition) is 7. The van der Waals surface area contributed by atoms with Gasteiger partial charge in [-0.1, -0.05) is 6.42 Å². The van der Waals surface area contributed by atoms with Crippen molar-refractivity contribution in [1.29, 1.82) is 0 Å². The summed E-state index contributed by atoms with van der Waals surface area (Å²) >= 11 is 0. The van der Waals surface area contributed by atoms with Gasteiger partial charge in [0.1, 0.15) is 12.2 Å². The van der Waals surface area contributed by atoms with Gasteiger partial charge < -0.3 is 50.5 Å². The molecule has 0 bridgehead atoms. The zero-order valence-electron chi connectivity index (χ0n) is 18.0. The van der Waals surface area contributed by atoms with Crippen molar-refractivity contribution in [2.24, 2.45) is 17.5 Å². The summed E-state index contributed by atoms with van der Waals surface area (Å²) in [4.78, 5) is 10.5. The number of rotatable bonds is 21. The van der Waals surface area contributed by atoms with E-state index in [9.17, 15) is 4.79 Å². The number of nitrogens with zero attached hydrogens (tertiary/aromatic N) is 1. The van der Waals surface area contributed by atoms with Crippen LogP contribution in [-0.2, 0) is 19.0 Å². The second-order valence-corrected chi connectivity index (χ2v) is 7.17. The van der Waals surface area contributed by atoms with Crippen molar-refractivity contribution in [1.82, 2.24) is 5.01 Å². The van der Waals surface area contributed by atoms with E-state index in [4.69, 9.17) is 51.3 Å². The second-order valence-electron chi connectivity index (χ2n) is 7.17. The van der Waals surface area contributed by atoms with Gasteiger partial charge >= 0.3 is 5.97 Å². The summed E-state index contributed by atoms with van der Waals surface area (Å²) < 4.78 is 16.4. The predicted octanol–water partition coefficient (Wildman–Crippen LogP) is -2.02. The maximum atomic E-state index is 10.5. The molecule has 0 saturated heterocycles. The summed E-state index contributed by atoms with van der Waals surface area (Å²) in [6.07, 6.45) is 2.31. The van der Waals surface area contributed by atoms with Crippen LogP contribution in [0.5, 0.6) is 0 Å². The van der Waals surface area contributed by atoms with E-state index in [0.29, 0.717) is 18.7 Å². The Hall–Kier alpha value is -1.51. The molecular formula is C19H39N3O9. The lowest BCUT2D eigenvalue weighted by atomic mass is 10.2. The average Bonchev–Trinajstić information content (AvgIpc) is 2.74. The molecule has 0 aliphatic rings. The highest BCUT2D eigenvalue weighted by Crippen LogP contribution is 2.06. The molecule has 31 heavy (non-hydrogen) atoms. The molecule has 12 nitrogen and oxygen atoms in total. The van der Waals surface area contributed by atoms with Gasteiger partial charge in [-0.2, -0.15) is 0 Å². The normalized spacial score (nSPS) is 12.3. The first-order valence-corrected chi connectivity index (χ1v) is 10.3. The first-order valence-electron chi connectivity index (χ1n) is 10.3. The number of aliphatic hydroxyl groups is 4. The standard InChI is InChI=1S/C19H39N3O9/c20-16(6-22(21)5-3-1-2-4-19(27)28)14-29-11-15(12-30-17(7-23)8-24)13-31-18(9-25)10-26/h6,15,17-18,23-26H,1-5,7-14,20-21H2,(H,27,28)/b16-6-. The topological polar surface area (TPSA) is 201 Å². The van der Waals surface area contributed by atoms with E-state index in [1.54, 1.807) is 6.20 Å². The molecular weight excluding hydrogens is 414 g/mol. The number of aliphatic hydroxyl groups excluding tert-OH is 4. The number of carbonyl (C=O) groups is 1. The van der Waals surface area contributed by atoms with E-state index in [-0.39, 0.29) is 65.2 Å². The Bertz CT molecular complexity index is 459. The van der Waals surface area contributed by atoms with Crippen molar-refractivity contribution < 1.29 is 44.5 Å². The van der Waals surface area contributed by atoms with Crippen LogP contribution < -0.4 is 11.6 Å². The van der Waals surface area contributed by atoms with Crippen LogP contribution in [0.4, 0.5) is 0 Å². The highest BCUT2D eigenvalue weighted by Gasteiger charge is 2.16. The van der Waals surface area contributed by atoms with Crippen LogP contribution in [0.1, 0.15) is 25.7 Å². The van der Waals surface area contributed by atoms with Crippen LogP contribution in [0, 0.1) is 5.92 Å². The van der Waals surface area contributed by atoms with Crippen LogP contribution >= 0.6 is 0 Å². The molecule has 12 heteroatoms. The lowest BCUT2D eigenvalue weighted by molar-refractivity contribution is -0.137. The molecule has 0 aromatic rings. The molecule has 0 saturated carbocycles. The van der Waals surface area contributed by atoms with Crippen LogP contribution in [-0.4, -0.2) is 108 Å². The van der Waals surface area contributed by atoms with Crippen LogP contribution in [0.15, 0.2) is 11.9 Å². The van der Waals surface area contributed by atoms with Crippen LogP contribution in [0.25, 0.3) is 0 Å². The van der Waals surface area contributed by atoms with Gasteiger partial charge in [-0.3, -0.25) is 4.79 Å². The molecule has 0 aromatic heterocycles. The van der Waals surface area contributed by atoms with E-state index in [1.807, 2.05) is 0 Å². The Kier molecular flexibility index (Phi) is 18.3. The summed E-state index contributed by atoms with van der Waals surface area (Å²) in [6.45, 7) is -0.289. The van der Waals surface area contributed by atoms with Crippen LogP contribution in [0.2, 0.25) is 0 Å². The summed E-state index contributed by atoms with van der Waals surface area (Å²) in [5.41, 5.74) is 6.29. The average molecular weight is 454 g/mol. The fourth-order valence-electron chi connectivity index (χ4n) is 2.42. The number of unbranched alkanes of at least 4 members (excludes halogenated alkanes) is 2. The quantitative estimate of drug-likeness (QED) is 0.0572. The zero-order valence-corrected chi connectivity index (χ0v) is 18.0. The predicted molar refractivity (Wildman–Crippen MR) is 111 cm³/mol. The molecule has 0 radical (unpaired) electrons. The molecule has 0 unspecified atom stereocenters. The number of hydrazine groups is 1. The van der Waals surface area contributed by atoms with Crippen molar-refractivity contribution in [3.8, 4) is 0 Å². The fourth-order valence-corrected chi connectivity index (χ4v) is 2.42. The highest BCUT2D eigenvalue weighted by molar-refractivity contribution is 5.66. The molecule has 0 amide bonds. The van der Waals surface area contributed by atoms with E-state index in [2.05, 4.69) is 0 Å². The van der Waals surface area contributed by atoms with Crippen molar-refractivity contribution in [2.75, 3.05) is 59.4 Å². The maximum Gasteiger partial charge on any atom is 0.303 e. The zero-order chi connectivity index (χ0) is 23.5. The number of aliphatic carboxylic acids is 1. The van der Waals surface area contributed by atoms with Gasteiger partial charge in [0.2, 0.25) is 0 Å². The number of ether oxygens (including phenoxy) is 3. The lowest BCUT2D eigenvalue weighted by Crippen LogP contribution is -2.32. The highest BCUT2D eigenvalue weighted by atomic mass is 16.5. The Morgan fingerprint density at radius 1 is 0.903 bits per heavy atom. The third kappa shape index (κ3) is 16.8. The second kappa shape index (κ2) is 19.2. The van der Waals surface area contributed by atoms with E-state index >= 15 is 0 Å².